The van der Waals surface area contributed by atoms with Gasteiger partial charge >= 0.3 is 0 Å². The Hall–Kier alpha value is -8.45. The number of nitrogens with zero attached hydrogens (tertiary/aromatic N) is 4. The second-order valence-corrected chi connectivity index (χ2v) is 21.1. The minimum atomic E-state index is -0.0470. The van der Waals surface area contributed by atoms with Gasteiger partial charge in [0.2, 0.25) is 0 Å². The molecule has 0 fully saturated rings. The molecule has 1 aliphatic heterocycles. The molecule has 0 amide bonds. The quantitative estimate of drug-likeness (QED) is 0.152. The van der Waals surface area contributed by atoms with E-state index >= 15 is 0 Å². The van der Waals surface area contributed by atoms with Crippen molar-refractivity contribution in [2.75, 3.05) is 16.5 Å². The Morgan fingerprint density at radius 1 is 0.528 bits per heavy atom. The van der Waals surface area contributed by atoms with Crippen LogP contribution in [0.15, 0.2) is 212 Å². The van der Waals surface area contributed by atoms with E-state index in [4.69, 9.17) is 9.72 Å². The summed E-state index contributed by atoms with van der Waals surface area (Å²) in [5.74, 6) is 2.43. The molecule has 0 N–H and O–H groups in total. The number of para-hydroxylation sites is 2. The highest BCUT2D eigenvalue weighted by Crippen LogP contribution is 2.55. The first kappa shape index (κ1) is 43.6. The van der Waals surface area contributed by atoms with Gasteiger partial charge in [-0.1, -0.05) is 160 Å². The number of fused-ring (bicyclic) bond motifs is 8. The fourth-order valence-electron chi connectivity index (χ4n) is 11.3. The minimum Gasteiger partial charge on any atom is -0.457 e. The fraction of sp³-hybridized carbons (Fsp3) is 0.106. The van der Waals surface area contributed by atoms with E-state index in [2.05, 4.69) is 255 Å². The van der Waals surface area contributed by atoms with Crippen LogP contribution < -0.4 is 14.5 Å². The van der Waals surface area contributed by atoms with Gasteiger partial charge in [0.05, 0.1) is 32.8 Å². The summed E-state index contributed by atoms with van der Waals surface area (Å²) in [5, 5.41) is 4.91. The molecule has 0 unspecified atom stereocenters. The molecule has 0 radical (unpaired) electrons. The molecular formula is C66H52N4OS. The van der Waals surface area contributed by atoms with Gasteiger partial charge in [0.25, 0.3) is 0 Å². The van der Waals surface area contributed by atoms with Crippen molar-refractivity contribution >= 4 is 76.1 Å². The summed E-state index contributed by atoms with van der Waals surface area (Å²) < 4.78 is 11.8. The van der Waals surface area contributed by atoms with Crippen molar-refractivity contribution in [1.29, 1.82) is 0 Å². The van der Waals surface area contributed by atoms with Crippen molar-refractivity contribution in [3.63, 3.8) is 0 Å². The predicted octanol–water partition coefficient (Wildman–Crippen LogP) is 18.5. The molecule has 6 heteroatoms. The number of pyridine rings is 1. The van der Waals surface area contributed by atoms with Crippen molar-refractivity contribution in [3.8, 4) is 50.7 Å². The van der Waals surface area contributed by atoms with Gasteiger partial charge in [-0.15, -0.1) is 11.3 Å². The largest absolute Gasteiger partial charge is 0.457 e. The second-order valence-electron chi connectivity index (χ2n) is 20.0. The Balaban J connectivity index is 0.936. The van der Waals surface area contributed by atoms with Gasteiger partial charge in [-0.25, -0.2) is 4.98 Å². The Morgan fingerprint density at radius 3 is 1.82 bits per heavy atom. The minimum absolute atomic E-state index is 0.0470. The van der Waals surface area contributed by atoms with Crippen molar-refractivity contribution in [1.82, 2.24) is 9.55 Å². The van der Waals surface area contributed by atoms with Crippen LogP contribution in [0.2, 0.25) is 0 Å². The maximum atomic E-state index is 6.96. The van der Waals surface area contributed by atoms with Crippen LogP contribution in [0, 0.1) is 13.8 Å². The molecule has 72 heavy (non-hydrogen) atoms. The summed E-state index contributed by atoms with van der Waals surface area (Å²) in [4.78, 5) is 10.0. The third-order valence-electron chi connectivity index (χ3n) is 14.6. The van der Waals surface area contributed by atoms with Crippen molar-refractivity contribution < 1.29 is 4.74 Å². The van der Waals surface area contributed by atoms with E-state index in [0.717, 1.165) is 39.9 Å². The van der Waals surface area contributed by atoms with Crippen LogP contribution in [-0.4, -0.2) is 16.2 Å². The molecule has 0 bridgehead atoms. The Bertz CT molecular complexity index is 3990. The lowest BCUT2D eigenvalue weighted by molar-refractivity contribution is 0.483. The summed E-state index contributed by atoms with van der Waals surface area (Å²) in [6, 6.07) is 74.3. The van der Waals surface area contributed by atoms with E-state index in [9.17, 15) is 0 Å². The fourth-order valence-corrected chi connectivity index (χ4v) is 12.5. The Kier molecular flexibility index (Phi) is 10.4. The molecule has 0 spiro atoms. The first-order valence-corrected chi connectivity index (χ1v) is 25.6. The van der Waals surface area contributed by atoms with E-state index < -0.39 is 0 Å². The number of hydrogen-bond acceptors (Lipinski definition) is 5. The highest BCUT2D eigenvalue weighted by molar-refractivity contribution is 7.27. The van der Waals surface area contributed by atoms with Crippen LogP contribution in [0.4, 0.5) is 22.7 Å². The zero-order valence-corrected chi connectivity index (χ0v) is 41.8. The Labute approximate surface area is 424 Å². The van der Waals surface area contributed by atoms with Crippen molar-refractivity contribution in [3.05, 3.63) is 229 Å². The van der Waals surface area contributed by atoms with Gasteiger partial charge in [-0.05, 0) is 124 Å². The number of rotatable bonds is 8. The molecule has 13 rings (SSSR count). The van der Waals surface area contributed by atoms with Crippen molar-refractivity contribution in [2.24, 2.45) is 0 Å². The normalized spacial score (nSPS) is 12.7. The standard InChI is InChI=1S/C66H52N4OS/c1-42-59(45-21-9-6-10-22-45)43(2)61(47-25-13-8-14-26-47)63(60(42)46-23-11-7-12-24-46)69-41-68(54-30-17-18-31-55(54)69)49-27-19-28-50(39-49)71-51-33-34-53-56(40-51)70(58-38-48(36-37-67-58)66(3,4)5)64-62-52-29-16-15-20-44(52)32-35-57(62)72-65(53)64/h6-40H,41H2,1-5H3. The topological polar surface area (TPSA) is 33.5 Å². The summed E-state index contributed by atoms with van der Waals surface area (Å²) >= 11 is 1.85. The molecule has 9 aromatic carbocycles. The van der Waals surface area contributed by atoms with Crippen LogP contribution in [0.1, 0.15) is 37.5 Å². The Morgan fingerprint density at radius 2 is 1.14 bits per heavy atom. The zero-order chi connectivity index (χ0) is 48.7. The third kappa shape index (κ3) is 7.16. The van der Waals surface area contributed by atoms with Crippen LogP contribution in [0.5, 0.6) is 11.5 Å². The maximum absolute atomic E-state index is 6.96. The molecule has 4 heterocycles. The molecule has 0 saturated heterocycles. The first-order valence-electron chi connectivity index (χ1n) is 24.8. The van der Waals surface area contributed by atoms with Crippen LogP contribution >= 0.6 is 11.3 Å². The number of aromatic nitrogens is 2. The third-order valence-corrected chi connectivity index (χ3v) is 15.8. The number of ether oxygens (including phenoxy) is 1. The monoisotopic (exact) mass is 948 g/mol. The molecule has 5 nitrogen and oxygen atoms in total. The number of hydrogen-bond donors (Lipinski definition) is 0. The average molecular weight is 949 g/mol. The summed E-state index contributed by atoms with van der Waals surface area (Å²) in [6.45, 7) is 12.0. The molecule has 0 atom stereocenters. The lowest BCUT2D eigenvalue weighted by Crippen LogP contribution is -2.25. The number of benzene rings is 9. The van der Waals surface area contributed by atoms with Gasteiger partial charge in [0.15, 0.2) is 0 Å². The molecule has 3 aromatic heterocycles. The summed E-state index contributed by atoms with van der Waals surface area (Å²) in [5.41, 5.74) is 17.8. The predicted molar refractivity (Wildman–Crippen MR) is 304 cm³/mol. The van der Waals surface area contributed by atoms with E-state index in [1.54, 1.807) is 0 Å². The SMILES string of the molecule is Cc1c(-c2ccccc2)c(C)c(-c2ccccc2)c(N2CN(c3cccc(Oc4ccc5c6sc7ccc8ccccc8c7c6n(-c6cc(C(C)(C)C)ccn6)c5c4)c3)c3ccccc32)c1-c1ccccc1. The van der Waals surface area contributed by atoms with Gasteiger partial charge in [-0.2, -0.15) is 0 Å². The molecular weight excluding hydrogens is 897 g/mol. The molecule has 0 aliphatic carbocycles. The van der Waals surface area contributed by atoms with Crippen molar-refractivity contribution in [2.45, 2.75) is 40.0 Å². The van der Waals surface area contributed by atoms with Gasteiger partial charge in [0, 0.05) is 50.6 Å². The van der Waals surface area contributed by atoms with Gasteiger partial charge in [0.1, 0.15) is 24.0 Å². The number of anilines is 4. The second kappa shape index (κ2) is 17.1. The lowest BCUT2D eigenvalue weighted by atomic mass is 9.82. The van der Waals surface area contributed by atoms with Crippen LogP contribution in [-0.2, 0) is 5.41 Å². The molecule has 0 saturated carbocycles. The summed E-state index contributed by atoms with van der Waals surface area (Å²) in [7, 11) is 0. The highest BCUT2D eigenvalue weighted by atomic mass is 32.1. The van der Waals surface area contributed by atoms with E-state index in [-0.39, 0.29) is 5.41 Å². The van der Waals surface area contributed by atoms with Crippen LogP contribution in [0.3, 0.4) is 0 Å². The first-order chi connectivity index (χ1) is 35.2. The highest BCUT2D eigenvalue weighted by Gasteiger charge is 2.34. The van der Waals surface area contributed by atoms with Crippen LogP contribution in [0.25, 0.3) is 81.2 Å². The van der Waals surface area contributed by atoms with E-state index in [1.807, 2.05) is 17.5 Å². The van der Waals surface area contributed by atoms with Gasteiger partial charge < -0.3 is 14.5 Å². The smallest absolute Gasteiger partial charge is 0.137 e. The molecule has 12 aromatic rings. The average Bonchev–Trinajstić information content (AvgIpc) is 4.08. The van der Waals surface area contributed by atoms with E-state index in [0.29, 0.717) is 6.67 Å². The number of thiophene rings is 1. The zero-order valence-electron chi connectivity index (χ0n) is 41.0. The van der Waals surface area contributed by atoms with E-state index in [1.165, 1.54) is 92.2 Å². The molecule has 348 valence electrons. The lowest BCUT2D eigenvalue weighted by Gasteiger charge is -2.31. The van der Waals surface area contributed by atoms with Gasteiger partial charge in [-0.3, -0.25) is 4.57 Å². The summed E-state index contributed by atoms with van der Waals surface area (Å²) in [6.07, 6.45) is 1.96. The molecule has 1 aliphatic rings. The maximum Gasteiger partial charge on any atom is 0.137 e.